The Hall–Kier alpha value is -2.65. The molecule has 1 unspecified atom stereocenters. The number of ketones is 1. The van der Waals surface area contributed by atoms with Crippen LogP contribution in [0.2, 0.25) is 0 Å². The topological polar surface area (TPSA) is 128 Å². The fourth-order valence-corrected chi connectivity index (χ4v) is 5.56. The predicted octanol–water partition coefficient (Wildman–Crippen LogP) is 1.72. The van der Waals surface area contributed by atoms with Crippen LogP contribution in [0.4, 0.5) is 4.79 Å². The zero-order valence-corrected chi connectivity index (χ0v) is 22.1. The van der Waals surface area contributed by atoms with Gasteiger partial charge in [0.1, 0.15) is 5.54 Å². The van der Waals surface area contributed by atoms with E-state index in [2.05, 4.69) is 16.0 Å². The van der Waals surface area contributed by atoms with Crippen LogP contribution in [0.5, 0.6) is 0 Å². The van der Waals surface area contributed by atoms with Gasteiger partial charge in [0.2, 0.25) is 17.6 Å². The maximum Gasteiger partial charge on any atom is 0.318 e. The highest BCUT2D eigenvalue weighted by molar-refractivity contribution is 6.38. The van der Waals surface area contributed by atoms with Crippen LogP contribution in [0.1, 0.15) is 85.0 Å². The molecule has 1 heterocycles. The van der Waals surface area contributed by atoms with Gasteiger partial charge in [-0.25, -0.2) is 4.79 Å². The Bertz CT molecular complexity index is 825. The quantitative estimate of drug-likeness (QED) is 0.433. The Morgan fingerprint density at radius 3 is 2.00 bits per heavy atom. The van der Waals surface area contributed by atoms with Gasteiger partial charge in [0.15, 0.2) is 0 Å². The number of urea groups is 1. The van der Waals surface area contributed by atoms with Crippen molar-refractivity contribution in [3.63, 3.8) is 0 Å². The van der Waals surface area contributed by atoms with Crippen LogP contribution >= 0.6 is 0 Å². The number of hydrogen-bond acceptors (Lipinski definition) is 5. The summed E-state index contributed by atoms with van der Waals surface area (Å²) in [6.07, 6.45) is 7.68. The second-order valence-corrected chi connectivity index (χ2v) is 11.0. The van der Waals surface area contributed by atoms with E-state index in [1.807, 2.05) is 13.8 Å². The first-order valence-electron chi connectivity index (χ1n) is 13.6. The molecule has 3 aliphatic rings. The number of carbonyl (C=O) groups excluding carboxylic acids is 5. The molecule has 0 aromatic rings. The average Bonchev–Trinajstić information content (AvgIpc) is 3.36. The van der Waals surface area contributed by atoms with E-state index in [0.717, 1.165) is 44.9 Å². The molecule has 3 N–H and O–H groups in total. The highest BCUT2D eigenvalue weighted by atomic mass is 16.2. The van der Waals surface area contributed by atoms with Gasteiger partial charge >= 0.3 is 6.03 Å². The van der Waals surface area contributed by atoms with E-state index >= 15 is 0 Å². The number of Topliss-reactive ketones (excluding diaryl/α,β-unsaturated/α-hetero) is 1. The maximum absolute atomic E-state index is 13.7. The van der Waals surface area contributed by atoms with E-state index in [1.165, 1.54) is 6.92 Å². The molecule has 3 fully saturated rings. The molecule has 0 aromatic heterocycles. The molecule has 0 radical (unpaired) electrons. The Morgan fingerprint density at radius 1 is 0.861 bits per heavy atom. The molecule has 5 amide bonds. The van der Waals surface area contributed by atoms with Crippen molar-refractivity contribution in [3.8, 4) is 0 Å². The van der Waals surface area contributed by atoms with E-state index in [9.17, 15) is 24.0 Å². The van der Waals surface area contributed by atoms with Gasteiger partial charge in [0.05, 0.1) is 6.04 Å². The first-order chi connectivity index (χ1) is 17.1. The van der Waals surface area contributed by atoms with Crippen LogP contribution < -0.4 is 16.0 Å². The Morgan fingerprint density at radius 2 is 1.44 bits per heavy atom. The van der Waals surface area contributed by atoms with E-state index in [1.54, 1.807) is 9.80 Å². The molecular weight excluding hydrogens is 462 g/mol. The van der Waals surface area contributed by atoms with Gasteiger partial charge in [-0.3, -0.25) is 19.2 Å². The summed E-state index contributed by atoms with van der Waals surface area (Å²) in [5, 5.41) is 8.69. The fraction of sp³-hybridized carbons (Fsp3) is 0.808. The van der Waals surface area contributed by atoms with Crippen LogP contribution in [0.3, 0.4) is 0 Å². The van der Waals surface area contributed by atoms with Gasteiger partial charge in [-0.2, -0.15) is 0 Å². The molecule has 36 heavy (non-hydrogen) atoms. The fourth-order valence-electron chi connectivity index (χ4n) is 5.56. The van der Waals surface area contributed by atoms with Crippen LogP contribution in [0.15, 0.2) is 0 Å². The lowest BCUT2D eigenvalue weighted by molar-refractivity contribution is -0.141. The smallest absolute Gasteiger partial charge is 0.318 e. The van der Waals surface area contributed by atoms with E-state index < -0.39 is 29.2 Å². The molecule has 1 atom stereocenters. The number of hydrogen-bond donors (Lipinski definition) is 3. The number of carbonyl (C=O) groups is 5. The number of amides is 5. The van der Waals surface area contributed by atoms with Gasteiger partial charge in [0, 0.05) is 39.1 Å². The molecule has 3 rings (SSSR count). The zero-order valence-electron chi connectivity index (χ0n) is 22.1. The third kappa shape index (κ3) is 7.20. The summed E-state index contributed by atoms with van der Waals surface area (Å²) in [5.41, 5.74) is -1.12. The summed E-state index contributed by atoms with van der Waals surface area (Å²) < 4.78 is 0. The highest BCUT2D eigenvalue weighted by Gasteiger charge is 2.44. The van der Waals surface area contributed by atoms with Gasteiger partial charge in [-0.1, -0.05) is 46.0 Å². The normalized spacial score (nSPS) is 21.1. The Kier molecular flexibility index (Phi) is 9.73. The molecule has 202 valence electrons. The molecule has 2 saturated carbocycles. The number of piperazine rings is 1. The number of nitrogens with zero attached hydrogens (tertiary/aromatic N) is 2. The van der Waals surface area contributed by atoms with Crippen molar-refractivity contribution < 1.29 is 24.0 Å². The second-order valence-electron chi connectivity index (χ2n) is 11.0. The molecule has 0 aromatic carbocycles. The van der Waals surface area contributed by atoms with Crippen LogP contribution in [-0.2, 0) is 19.2 Å². The molecule has 10 nitrogen and oxygen atoms in total. The molecule has 0 spiro atoms. The predicted molar refractivity (Wildman–Crippen MR) is 135 cm³/mol. The Labute approximate surface area is 214 Å². The summed E-state index contributed by atoms with van der Waals surface area (Å²) in [5.74, 6) is -1.59. The second kappa shape index (κ2) is 12.5. The van der Waals surface area contributed by atoms with Gasteiger partial charge < -0.3 is 25.8 Å². The summed E-state index contributed by atoms with van der Waals surface area (Å²) >= 11 is 0. The van der Waals surface area contributed by atoms with Crippen molar-refractivity contribution >= 4 is 29.5 Å². The van der Waals surface area contributed by atoms with E-state index in [0.29, 0.717) is 45.4 Å². The van der Waals surface area contributed by atoms with Crippen molar-refractivity contribution in [1.29, 1.82) is 0 Å². The summed E-state index contributed by atoms with van der Waals surface area (Å²) in [7, 11) is 0. The third-order valence-corrected chi connectivity index (χ3v) is 7.74. The minimum Gasteiger partial charge on any atom is -0.347 e. The van der Waals surface area contributed by atoms with Crippen molar-refractivity contribution in [2.45, 2.75) is 103 Å². The zero-order chi connectivity index (χ0) is 26.3. The van der Waals surface area contributed by atoms with Crippen molar-refractivity contribution in [3.05, 3.63) is 0 Å². The van der Waals surface area contributed by atoms with Gasteiger partial charge in [-0.05, 0) is 38.0 Å². The maximum atomic E-state index is 13.7. The number of nitrogens with one attached hydrogen (secondary N) is 3. The minimum absolute atomic E-state index is 0.0176. The average molecular weight is 506 g/mol. The van der Waals surface area contributed by atoms with Gasteiger partial charge in [0.25, 0.3) is 5.91 Å². The van der Waals surface area contributed by atoms with Crippen LogP contribution in [-0.4, -0.2) is 83.1 Å². The molecular formula is C26H43N5O5. The van der Waals surface area contributed by atoms with Crippen molar-refractivity contribution in [2.75, 3.05) is 26.2 Å². The summed E-state index contributed by atoms with van der Waals surface area (Å²) in [6.45, 7) is 7.13. The lowest BCUT2D eigenvalue weighted by Crippen LogP contribution is -2.65. The molecule has 0 bridgehead atoms. The summed E-state index contributed by atoms with van der Waals surface area (Å²) in [4.78, 5) is 67.5. The largest absolute Gasteiger partial charge is 0.347 e. The van der Waals surface area contributed by atoms with Crippen LogP contribution in [0, 0.1) is 5.92 Å². The first-order valence-corrected chi connectivity index (χ1v) is 13.6. The monoisotopic (exact) mass is 505 g/mol. The highest BCUT2D eigenvalue weighted by Crippen LogP contribution is 2.29. The van der Waals surface area contributed by atoms with Gasteiger partial charge in [-0.15, -0.1) is 0 Å². The minimum atomic E-state index is -1.12. The first kappa shape index (κ1) is 27.9. The molecule has 2 aliphatic carbocycles. The molecule has 1 aliphatic heterocycles. The lowest BCUT2D eigenvalue weighted by atomic mass is 9.80. The Balaban J connectivity index is 1.68. The standard InChI is InChI=1S/C26H43N5O5/c1-18(2)17-21(22(33)23(34)27-20-9-5-6-10-20)28-24(35)26(11-7-4-8-12-26)29-25(36)31-15-13-30(14-16-31)19(3)32/h18,20-21H,4-17H2,1-3H3,(H,27,34)(H,28,35)(H,29,36). The summed E-state index contributed by atoms with van der Waals surface area (Å²) in [6, 6.07) is -1.25. The van der Waals surface area contributed by atoms with Crippen molar-refractivity contribution in [2.24, 2.45) is 5.92 Å². The van der Waals surface area contributed by atoms with E-state index in [4.69, 9.17) is 0 Å². The molecule has 1 saturated heterocycles. The van der Waals surface area contributed by atoms with Crippen LogP contribution in [0.25, 0.3) is 0 Å². The lowest BCUT2D eigenvalue weighted by Gasteiger charge is -2.41. The number of rotatable bonds is 8. The van der Waals surface area contributed by atoms with E-state index in [-0.39, 0.29) is 23.9 Å². The molecule has 10 heteroatoms. The SMILES string of the molecule is CC(=O)N1CCN(C(=O)NC2(C(=O)NC(CC(C)C)C(=O)C(=O)NC3CCCC3)CCCCC2)CC1. The third-order valence-electron chi connectivity index (χ3n) is 7.74. The van der Waals surface area contributed by atoms with Crippen molar-refractivity contribution in [1.82, 2.24) is 25.8 Å².